The normalized spacial score (nSPS) is 15.3. The number of nitriles is 1. The van der Waals surface area contributed by atoms with Crippen molar-refractivity contribution in [2.24, 2.45) is 0 Å². The summed E-state index contributed by atoms with van der Waals surface area (Å²) < 4.78 is 5.40. The first-order valence-electron chi connectivity index (χ1n) is 10.6. The van der Waals surface area contributed by atoms with E-state index < -0.39 is 6.04 Å². The van der Waals surface area contributed by atoms with Crippen molar-refractivity contribution in [3.8, 4) is 17.3 Å². The van der Waals surface area contributed by atoms with Gasteiger partial charge in [0.2, 0.25) is 5.91 Å². The maximum Gasteiger partial charge on any atom is 0.259 e. The van der Waals surface area contributed by atoms with Crippen LogP contribution in [0.3, 0.4) is 0 Å². The van der Waals surface area contributed by atoms with E-state index >= 15 is 0 Å². The predicted octanol–water partition coefficient (Wildman–Crippen LogP) is 4.22. The second kappa shape index (κ2) is 9.00. The van der Waals surface area contributed by atoms with Crippen LogP contribution in [0.1, 0.15) is 21.6 Å². The lowest BCUT2D eigenvalue weighted by atomic mass is 10.0. The Morgan fingerprint density at radius 3 is 2.68 bits per heavy atom. The number of hydrogen-bond donors (Lipinski definition) is 1. The van der Waals surface area contributed by atoms with Crippen LogP contribution in [0.25, 0.3) is 22.4 Å². The lowest BCUT2D eigenvalue weighted by Gasteiger charge is -2.23. The number of anilines is 1. The van der Waals surface area contributed by atoms with E-state index in [2.05, 4.69) is 15.5 Å². The molecule has 0 radical (unpaired) electrons. The maximum atomic E-state index is 13.7. The molecule has 0 spiro atoms. The van der Waals surface area contributed by atoms with Crippen LogP contribution in [0.2, 0.25) is 0 Å². The summed E-state index contributed by atoms with van der Waals surface area (Å²) in [6, 6.07) is 19.3. The number of carbonyl (C=O) groups is 2. The van der Waals surface area contributed by atoms with Gasteiger partial charge in [-0.3, -0.25) is 9.59 Å². The molecule has 1 saturated heterocycles. The number of thioether (sulfide) groups is 1. The first-order valence-corrected chi connectivity index (χ1v) is 11.7. The molecule has 0 aliphatic carbocycles. The molecule has 0 saturated carbocycles. The fraction of sp³-hybridized carbons (Fsp3) is 0.160. The number of carbonyl (C=O) groups excluding carboxylic acids is 2. The SMILES string of the molecule is Cc1noc2nc(-c3ccccc3)cc(C(=O)N3CSCC3C(=O)Nc3ccc(C#N)cc3)c12. The molecule has 2 aromatic carbocycles. The van der Waals surface area contributed by atoms with E-state index in [1.54, 1.807) is 42.2 Å². The number of pyridine rings is 1. The van der Waals surface area contributed by atoms with Crippen molar-refractivity contribution in [2.45, 2.75) is 13.0 Å². The van der Waals surface area contributed by atoms with Gasteiger partial charge < -0.3 is 14.7 Å². The minimum Gasteiger partial charge on any atom is -0.335 e. The number of aryl methyl sites for hydroxylation is 1. The van der Waals surface area contributed by atoms with Crippen LogP contribution in [0.15, 0.2) is 65.2 Å². The van der Waals surface area contributed by atoms with E-state index in [-0.39, 0.29) is 17.5 Å². The Morgan fingerprint density at radius 2 is 1.94 bits per heavy atom. The molecule has 34 heavy (non-hydrogen) atoms. The lowest BCUT2D eigenvalue weighted by molar-refractivity contribution is -0.119. The quantitative estimate of drug-likeness (QED) is 0.476. The number of rotatable bonds is 4. The zero-order valence-corrected chi connectivity index (χ0v) is 19.0. The topological polar surface area (TPSA) is 112 Å². The van der Waals surface area contributed by atoms with E-state index in [4.69, 9.17) is 9.78 Å². The molecule has 2 aromatic heterocycles. The van der Waals surface area contributed by atoms with E-state index in [1.165, 1.54) is 11.8 Å². The van der Waals surface area contributed by atoms with Gasteiger partial charge in [-0.2, -0.15) is 5.26 Å². The van der Waals surface area contributed by atoms with Crippen molar-refractivity contribution in [1.82, 2.24) is 15.0 Å². The van der Waals surface area contributed by atoms with Crippen molar-refractivity contribution in [3.63, 3.8) is 0 Å². The summed E-state index contributed by atoms with van der Waals surface area (Å²) in [7, 11) is 0. The van der Waals surface area contributed by atoms with Crippen LogP contribution in [-0.2, 0) is 4.79 Å². The summed E-state index contributed by atoms with van der Waals surface area (Å²) in [5.74, 6) is 0.314. The summed E-state index contributed by atoms with van der Waals surface area (Å²) in [6.07, 6.45) is 0. The van der Waals surface area contributed by atoms with Crippen LogP contribution < -0.4 is 5.32 Å². The van der Waals surface area contributed by atoms with E-state index in [0.29, 0.717) is 45.2 Å². The Hall–Kier alpha value is -4.16. The van der Waals surface area contributed by atoms with Gasteiger partial charge >= 0.3 is 0 Å². The zero-order chi connectivity index (χ0) is 23.7. The van der Waals surface area contributed by atoms with Gasteiger partial charge in [-0.25, -0.2) is 4.98 Å². The Labute approximate surface area is 199 Å². The third-order valence-corrected chi connectivity index (χ3v) is 6.66. The number of aromatic nitrogens is 2. The molecule has 1 N–H and O–H groups in total. The Morgan fingerprint density at radius 1 is 1.18 bits per heavy atom. The Balaban J connectivity index is 1.47. The molecule has 1 aliphatic heterocycles. The Bertz CT molecular complexity index is 1430. The first kappa shape index (κ1) is 21.7. The minimum atomic E-state index is -0.642. The van der Waals surface area contributed by atoms with Crippen LogP contribution in [0.4, 0.5) is 5.69 Å². The number of hydrogen-bond acceptors (Lipinski definition) is 7. The molecule has 168 valence electrons. The van der Waals surface area contributed by atoms with Crippen molar-refractivity contribution >= 4 is 40.4 Å². The fourth-order valence-corrected chi connectivity index (χ4v) is 5.04. The molecule has 1 atom stereocenters. The summed E-state index contributed by atoms with van der Waals surface area (Å²) in [4.78, 5) is 32.9. The largest absolute Gasteiger partial charge is 0.335 e. The smallest absolute Gasteiger partial charge is 0.259 e. The van der Waals surface area contributed by atoms with Crippen LogP contribution >= 0.6 is 11.8 Å². The second-order valence-electron chi connectivity index (χ2n) is 7.84. The highest BCUT2D eigenvalue weighted by Crippen LogP contribution is 2.31. The van der Waals surface area contributed by atoms with Crippen LogP contribution in [0.5, 0.6) is 0 Å². The molecule has 5 rings (SSSR count). The van der Waals surface area contributed by atoms with Crippen LogP contribution in [-0.4, -0.2) is 44.5 Å². The highest BCUT2D eigenvalue weighted by molar-refractivity contribution is 7.99. The van der Waals surface area contributed by atoms with Gasteiger partial charge in [-0.05, 0) is 37.3 Å². The molecule has 3 heterocycles. The first-order chi connectivity index (χ1) is 16.5. The number of nitrogens with zero attached hydrogens (tertiary/aromatic N) is 4. The highest BCUT2D eigenvalue weighted by Gasteiger charge is 2.36. The molecule has 1 unspecified atom stereocenters. The summed E-state index contributed by atoms with van der Waals surface area (Å²) in [5, 5.41) is 16.4. The standard InChI is InChI=1S/C25H19N5O3S/c1-15-22-19(11-20(28-24(22)33-29-15)17-5-3-2-4-6-17)25(32)30-14-34-13-21(30)23(31)27-18-9-7-16(12-26)8-10-18/h2-11,21H,13-14H2,1H3,(H,27,31). The molecular weight excluding hydrogens is 450 g/mol. The van der Waals surface area contributed by atoms with Gasteiger partial charge in [0.1, 0.15) is 6.04 Å². The third kappa shape index (κ3) is 4.00. The van der Waals surface area contributed by atoms with Crippen molar-refractivity contribution in [3.05, 3.63) is 77.5 Å². The second-order valence-corrected chi connectivity index (χ2v) is 8.84. The zero-order valence-electron chi connectivity index (χ0n) is 18.2. The summed E-state index contributed by atoms with van der Waals surface area (Å²) >= 11 is 1.52. The van der Waals surface area contributed by atoms with Gasteiger partial charge in [0.15, 0.2) is 0 Å². The van der Waals surface area contributed by atoms with Gasteiger partial charge in [-0.15, -0.1) is 11.8 Å². The van der Waals surface area contributed by atoms with Crippen molar-refractivity contribution < 1.29 is 14.1 Å². The van der Waals surface area contributed by atoms with E-state index in [0.717, 1.165) is 5.56 Å². The summed E-state index contributed by atoms with van der Waals surface area (Å²) in [5.41, 5.74) is 3.77. The van der Waals surface area contributed by atoms with Crippen LogP contribution in [0, 0.1) is 18.3 Å². The Kier molecular flexibility index (Phi) is 5.74. The molecule has 2 amide bonds. The number of nitrogens with one attached hydrogen (secondary N) is 1. The minimum absolute atomic E-state index is 0.277. The third-order valence-electron chi connectivity index (χ3n) is 5.64. The molecule has 1 aliphatic rings. The molecular formula is C25H19N5O3S. The average molecular weight is 470 g/mol. The summed E-state index contributed by atoms with van der Waals surface area (Å²) in [6.45, 7) is 1.76. The van der Waals surface area contributed by atoms with Gasteiger partial charge in [0, 0.05) is 17.0 Å². The van der Waals surface area contributed by atoms with Gasteiger partial charge in [0.25, 0.3) is 11.6 Å². The average Bonchev–Trinajstić information content (AvgIpc) is 3.51. The van der Waals surface area contributed by atoms with E-state index in [9.17, 15) is 9.59 Å². The molecule has 8 nitrogen and oxygen atoms in total. The molecule has 1 fully saturated rings. The number of fused-ring (bicyclic) bond motifs is 1. The van der Waals surface area contributed by atoms with Crippen molar-refractivity contribution in [2.75, 3.05) is 16.9 Å². The van der Waals surface area contributed by atoms with Gasteiger partial charge in [0.05, 0.1) is 39.8 Å². The molecule has 0 bridgehead atoms. The van der Waals surface area contributed by atoms with Gasteiger partial charge in [-0.1, -0.05) is 35.5 Å². The lowest BCUT2D eigenvalue weighted by Crippen LogP contribution is -2.44. The number of benzene rings is 2. The fourth-order valence-electron chi connectivity index (χ4n) is 3.89. The highest BCUT2D eigenvalue weighted by atomic mass is 32.2. The number of amides is 2. The molecule has 9 heteroatoms. The monoisotopic (exact) mass is 469 g/mol. The predicted molar refractivity (Wildman–Crippen MR) is 129 cm³/mol. The van der Waals surface area contributed by atoms with Crippen molar-refractivity contribution in [1.29, 1.82) is 5.26 Å². The maximum absolute atomic E-state index is 13.7. The van der Waals surface area contributed by atoms with E-state index in [1.807, 2.05) is 36.4 Å². The molecule has 4 aromatic rings.